The lowest BCUT2D eigenvalue weighted by Gasteiger charge is -2.40. The van der Waals surface area contributed by atoms with E-state index in [-0.39, 0.29) is 10.8 Å². The minimum atomic E-state index is -3.86. The van der Waals surface area contributed by atoms with Crippen molar-refractivity contribution in [1.82, 2.24) is 14.8 Å². The number of hydrogen-bond donors (Lipinski definition) is 0. The molecule has 0 unspecified atom stereocenters. The standard InChI is InChI=1S/C10H16ClN3O3S/c1-3-14-8(7-10(17-2)5-4-6-10)12-13-9(14)18(11,15)16/h3-7H2,1-2H3. The summed E-state index contributed by atoms with van der Waals surface area (Å²) < 4.78 is 29.7. The molecule has 1 aromatic heterocycles. The Morgan fingerprint density at radius 1 is 1.44 bits per heavy atom. The molecule has 0 N–H and O–H groups in total. The van der Waals surface area contributed by atoms with Crippen LogP contribution in [0, 0.1) is 0 Å². The van der Waals surface area contributed by atoms with Crippen LogP contribution in [-0.2, 0) is 26.8 Å². The molecule has 2 rings (SSSR count). The molecule has 0 aromatic carbocycles. The SMILES string of the molecule is CCn1c(CC2(OC)CCC2)nnc1S(=O)(=O)Cl. The fourth-order valence-electron chi connectivity index (χ4n) is 2.26. The molecule has 0 atom stereocenters. The Morgan fingerprint density at radius 3 is 2.50 bits per heavy atom. The van der Waals surface area contributed by atoms with Crippen LogP contribution in [0.15, 0.2) is 5.16 Å². The fraction of sp³-hybridized carbons (Fsp3) is 0.800. The molecule has 1 aromatic rings. The second kappa shape index (κ2) is 4.79. The van der Waals surface area contributed by atoms with Gasteiger partial charge in [-0.05, 0) is 26.2 Å². The summed E-state index contributed by atoms with van der Waals surface area (Å²) >= 11 is 0. The second-order valence-electron chi connectivity index (χ2n) is 4.50. The van der Waals surface area contributed by atoms with Crippen LogP contribution in [0.4, 0.5) is 0 Å². The van der Waals surface area contributed by atoms with Gasteiger partial charge in [0, 0.05) is 30.8 Å². The number of rotatable bonds is 5. The molecule has 1 saturated carbocycles. The van der Waals surface area contributed by atoms with E-state index in [4.69, 9.17) is 15.4 Å². The van der Waals surface area contributed by atoms with Gasteiger partial charge in [0.1, 0.15) is 5.82 Å². The molecule has 0 spiro atoms. The molecule has 0 bridgehead atoms. The van der Waals surface area contributed by atoms with Gasteiger partial charge in [0.05, 0.1) is 5.60 Å². The Bertz CT molecular complexity index is 531. The van der Waals surface area contributed by atoms with Crippen molar-refractivity contribution in [2.24, 2.45) is 0 Å². The highest BCUT2D eigenvalue weighted by Crippen LogP contribution is 2.37. The molecule has 1 aliphatic rings. The third kappa shape index (κ3) is 2.39. The van der Waals surface area contributed by atoms with Crippen molar-refractivity contribution in [3.8, 4) is 0 Å². The number of aromatic nitrogens is 3. The number of methoxy groups -OCH3 is 1. The molecule has 18 heavy (non-hydrogen) atoms. The van der Waals surface area contributed by atoms with Crippen LogP contribution in [0.25, 0.3) is 0 Å². The minimum absolute atomic E-state index is 0.188. The third-order valence-electron chi connectivity index (χ3n) is 3.51. The Balaban J connectivity index is 2.32. The van der Waals surface area contributed by atoms with Crippen molar-refractivity contribution in [2.45, 2.75) is 49.9 Å². The highest BCUT2D eigenvalue weighted by atomic mass is 35.7. The van der Waals surface area contributed by atoms with Crippen molar-refractivity contribution in [2.75, 3.05) is 7.11 Å². The van der Waals surface area contributed by atoms with Crippen LogP contribution in [0.2, 0.25) is 0 Å². The van der Waals surface area contributed by atoms with Gasteiger partial charge in [0.2, 0.25) is 0 Å². The van der Waals surface area contributed by atoms with Crippen LogP contribution >= 0.6 is 10.7 Å². The van der Waals surface area contributed by atoms with Gasteiger partial charge in [-0.3, -0.25) is 0 Å². The largest absolute Gasteiger partial charge is 0.378 e. The third-order valence-corrected chi connectivity index (χ3v) is 4.66. The minimum Gasteiger partial charge on any atom is -0.378 e. The predicted molar refractivity (Wildman–Crippen MR) is 66.0 cm³/mol. The molecule has 0 saturated heterocycles. The van der Waals surface area contributed by atoms with E-state index in [1.165, 1.54) is 4.57 Å². The van der Waals surface area contributed by atoms with Gasteiger partial charge in [-0.2, -0.15) is 0 Å². The quantitative estimate of drug-likeness (QED) is 0.766. The first-order valence-corrected chi connectivity index (χ1v) is 8.15. The maximum absolute atomic E-state index is 11.4. The number of nitrogens with zero attached hydrogens (tertiary/aromatic N) is 3. The summed E-state index contributed by atoms with van der Waals surface area (Å²) in [4.78, 5) is 0. The van der Waals surface area contributed by atoms with E-state index in [2.05, 4.69) is 10.2 Å². The molecule has 0 amide bonds. The summed E-state index contributed by atoms with van der Waals surface area (Å²) in [6, 6.07) is 0. The Morgan fingerprint density at radius 2 is 2.11 bits per heavy atom. The van der Waals surface area contributed by atoms with Crippen molar-refractivity contribution in [3.63, 3.8) is 0 Å². The second-order valence-corrected chi connectivity index (χ2v) is 6.96. The van der Waals surface area contributed by atoms with Crippen LogP contribution < -0.4 is 0 Å². The van der Waals surface area contributed by atoms with E-state index >= 15 is 0 Å². The van der Waals surface area contributed by atoms with Gasteiger partial charge in [-0.15, -0.1) is 10.2 Å². The van der Waals surface area contributed by atoms with Gasteiger partial charge in [0.25, 0.3) is 14.2 Å². The first-order chi connectivity index (χ1) is 8.42. The number of hydrogen-bond acceptors (Lipinski definition) is 5. The fourth-order valence-corrected chi connectivity index (χ4v) is 3.24. The zero-order valence-electron chi connectivity index (χ0n) is 10.4. The Hall–Kier alpha value is -0.660. The summed E-state index contributed by atoms with van der Waals surface area (Å²) in [5.74, 6) is 0.610. The van der Waals surface area contributed by atoms with Gasteiger partial charge < -0.3 is 9.30 Å². The van der Waals surface area contributed by atoms with E-state index < -0.39 is 9.05 Å². The maximum Gasteiger partial charge on any atom is 0.296 e. The van der Waals surface area contributed by atoms with Crippen molar-refractivity contribution < 1.29 is 13.2 Å². The van der Waals surface area contributed by atoms with E-state index in [0.29, 0.717) is 18.8 Å². The van der Waals surface area contributed by atoms with Crippen LogP contribution in [0.3, 0.4) is 0 Å². The molecule has 6 nitrogen and oxygen atoms in total. The first kappa shape index (κ1) is 13.8. The molecule has 8 heteroatoms. The highest BCUT2D eigenvalue weighted by molar-refractivity contribution is 8.13. The highest BCUT2D eigenvalue weighted by Gasteiger charge is 2.39. The van der Waals surface area contributed by atoms with E-state index in [1.54, 1.807) is 7.11 Å². The lowest BCUT2D eigenvalue weighted by Crippen LogP contribution is -2.42. The zero-order chi connectivity index (χ0) is 13.4. The number of halogens is 1. The van der Waals surface area contributed by atoms with Gasteiger partial charge in [-0.1, -0.05) is 0 Å². The number of ether oxygens (including phenoxy) is 1. The molecule has 102 valence electrons. The van der Waals surface area contributed by atoms with Gasteiger partial charge >= 0.3 is 0 Å². The van der Waals surface area contributed by atoms with E-state index in [9.17, 15) is 8.42 Å². The summed E-state index contributed by atoms with van der Waals surface area (Å²) in [5.41, 5.74) is -0.215. The average molecular weight is 294 g/mol. The van der Waals surface area contributed by atoms with Crippen LogP contribution in [0.5, 0.6) is 0 Å². The summed E-state index contributed by atoms with van der Waals surface area (Å²) in [6.45, 7) is 2.29. The molecule has 1 heterocycles. The Kier molecular flexibility index (Phi) is 3.66. The van der Waals surface area contributed by atoms with Crippen molar-refractivity contribution >= 4 is 19.7 Å². The summed E-state index contributed by atoms with van der Waals surface area (Å²) in [5, 5.41) is 7.42. The lowest BCUT2D eigenvalue weighted by atomic mass is 9.77. The zero-order valence-corrected chi connectivity index (χ0v) is 12.0. The summed E-state index contributed by atoms with van der Waals surface area (Å²) in [6.07, 6.45) is 3.61. The van der Waals surface area contributed by atoms with Crippen LogP contribution in [-0.4, -0.2) is 35.9 Å². The monoisotopic (exact) mass is 293 g/mol. The van der Waals surface area contributed by atoms with E-state index in [0.717, 1.165) is 19.3 Å². The van der Waals surface area contributed by atoms with Crippen molar-refractivity contribution in [1.29, 1.82) is 0 Å². The normalized spacial score (nSPS) is 18.6. The Labute approximate surface area is 111 Å². The lowest BCUT2D eigenvalue weighted by molar-refractivity contribution is -0.0726. The smallest absolute Gasteiger partial charge is 0.296 e. The average Bonchev–Trinajstić information content (AvgIpc) is 2.65. The summed E-state index contributed by atoms with van der Waals surface area (Å²) in [7, 11) is 3.14. The molecular weight excluding hydrogens is 278 g/mol. The molecule has 0 radical (unpaired) electrons. The van der Waals surface area contributed by atoms with E-state index in [1.807, 2.05) is 6.92 Å². The maximum atomic E-state index is 11.4. The molecule has 1 aliphatic carbocycles. The van der Waals surface area contributed by atoms with Gasteiger partial charge in [0.15, 0.2) is 0 Å². The molecule has 0 aliphatic heterocycles. The predicted octanol–water partition coefficient (Wildman–Crippen LogP) is 1.34. The van der Waals surface area contributed by atoms with Crippen LogP contribution in [0.1, 0.15) is 32.0 Å². The first-order valence-electron chi connectivity index (χ1n) is 5.84. The molecule has 1 fully saturated rings. The topological polar surface area (TPSA) is 74.1 Å². The van der Waals surface area contributed by atoms with Crippen molar-refractivity contribution in [3.05, 3.63) is 5.82 Å². The molecular formula is C10H16ClN3O3S. The van der Waals surface area contributed by atoms with Gasteiger partial charge in [-0.25, -0.2) is 8.42 Å².